The first-order chi connectivity index (χ1) is 5.95. The summed E-state index contributed by atoms with van der Waals surface area (Å²) in [6.07, 6.45) is 3.81. The second-order valence-electron chi connectivity index (χ2n) is 2.82. The maximum absolute atomic E-state index is 3.97. The van der Waals surface area contributed by atoms with Crippen LogP contribution in [-0.4, -0.2) is 14.8 Å². The van der Waals surface area contributed by atoms with E-state index < -0.39 is 0 Å². The average molecular weight is 157 g/mol. The highest BCUT2D eigenvalue weighted by Gasteiger charge is 2.05. The van der Waals surface area contributed by atoms with Crippen LogP contribution in [0.5, 0.6) is 0 Å². The Labute approximate surface area is 69.0 Å². The highest BCUT2D eigenvalue weighted by atomic mass is 15.4. The first kappa shape index (κ1) is 5.83. The standard InChI is InChI=1S/C9H7N3/c1-2-7-4-5-12-9(6-10-11-12)8(7)3-1/h1-6,11H. The van der Waals surface area contributed by atoms with Gasteiger partial charge in [0.25, 0.3) is 0 Å². The van der Waals surface area contributed by atoms with Gasteiger partial charge in [0.05, 0.1) is 11.7 Å². The highest BCUT2D eigenvalue weighted by Crippen LogP contribution is 2.26. The van der Waals surface area contributed by atoms with Crippen molar-refractivity contribution in [1.82, 2.24) is 14.8 Å². The molecule has 1 aliphatic heterocycles. The third-order valence-corrected chi connectivity index (χ3v) is 2.14. The molecule has 0 radical (unpaired) electrons. The molecule has 0 bridgehead atoms. The Balaban J connectivity index is 2.61. The number of H-pyrrole nitrogens is 1. The Morgan fingerprint density at radius 1 is 1.25 bits per heavy atom. The number of aromatic nitrogens is 3. The van der Waals surface area contributed by atoms with Crippen molar-refractivity contribution >= 4 is 5.52 Å². The highest BCUT2D eigenvalue weighted by molar-refractivity contribution is 5.81. The second-order valence-corrected chi connectivity index (χ2v) is 2.82. The van der Waals surface area contributed by atoms with Gasteiger partial charge in [-0.05, 0) is 11.6 Å². The van der Waals surface area contributed by atoms with E-state index in [0.717, 1.165) is 5.52 Å². The summed E-state index contributed by atoms with van der Waals surface area (Å²) in [5, 5.41) is 6.84. The zero-order valence-electron chi connectivity index (χ0n) is 6.36. The molecule has 0 amide bonds. The van der Waals surface area contributed by atoms with Crippen LogP contribution in [0.4, 0.5) is 0 Å². The van der Waals surface area contributed by atoms with Crippen LogP contribution in [0, 0.1) is 0 Å². The fourth-order valence-corrected chi connectivity index (χ4v) is 1.55. The van der Waals surface area contributed by atoms with Gasteiger partial charge < -0.3 is 0 Å². The second kappa shape index (κ2) is 1.88. The number of hydrogen-bond acceptors (Lipinski definition) is 1. The van der Waals surface area contributed by atoms with Crippen LogP contribution in [0.25, 0.3) is 16.6 Å². The van der Waals surface area contributed by atoms with Crippen molar-refractivity contribution in [3.8, 4) is 11.1 Å². The van der Waals surface area contributed by atoms with Crippen LogP contribution >= 0.6 is 0 Å². The number of fused-ring (bicyclic) bond motifs is 3. The molecule has 3 nitrogen and oxygen atoms in total. The Hall–Kier alpha value is -1.77. The molecule has 0 spiro atoms. The molecule has 0 unspecified atom stereocenters. The van der Waals surface area contributed by atoms with Crippen LogP contribution in [0.15, 0.2) is 36.7 Å². The van der Waals surface area contributed by atoms with Gasteiger partial charge in [-0.3, -0.25) is 0 Å². The molecule has 0 atom stereocenters. The minimum atomic E-state index is 1.12. The molecule has 3 rings (SSSR count). The van der Waals surface area contributed by atoms with Crippen molar-refractivity contribution < 1.29 is 0 Å². The number of nitrogens with one attached hydrogen (secondary N) is 1. The van der Waals surface area contributed by atoms with E-state index in [4.69, 9.17) is 0 Å². The van der Waals surface area contributed by atoms with Gasteiger partial charge in [0.15, 0.2) is 0 Å². The van der Waals surface area contributed by atoms with Gasteiger partial charge in [-0.15, -0.1) is 0 Å². The van der Waals surface area contributed by atoms with Gasteiger partial charge in [-0.1, -0.05) is 18.2 Å². The molecule has 0 saturated heterocycles. The normalized spacial score (nSPS) is 11.3. The van der Waals surface area contributed by atoms with Crippen molar-refractivity contribution in [3.63, 3.8) is 0 Å². The predicted octanol–water partition coefficient (Wildman–Crippen LogP) is 1.77. The van der Waals surface area contributed by atoms with E-state index >= 15 is 0 Å². The summed E-state index contributed by atoms with van der Waals surface area (Å²) >= 11 is 0. The average Bonchev–Trinajstić information content (AvgIpc) is 2.71. The Kier molecular flexibility index (Phi) is 0.913. The van der Waals surface area contributed by atoms with E-state index in [2.05, 4.69) is 34.6 Å². The third-order valence-electron chi connectivity index (χ3n) is 2.14. The third kappa shape index (κ3) is 0.580. The maximum atomic E-state index is 3.97. The fourth-order valence-electron chi connectivity index (χ4n) is 1.55. The Morgan fingerprint density at radius 3 is 3.25 bits per heavy atom. The van der Waals surface area contributed by atoms with Gasteiger partial charge in [0.1, 0.15) is 0 Å². The molecule has 0 fully saturated rings. The lowest BCUT2D eigenvalue weighted by Gasteiger charge is -1.99. The summed E-state index contributed by atoms with van der Waals surface area (Å²) < 4.78 is 1.91. The molecular formula is C9H7N3. The number of rotatable bonds is 0. The monoisotopic (exact) mass is 157 g/mol. The summed E-state index contributed by atoms with van der Waals surface area (Å²) in [5.74, 6) is 0. The molecular weight excluding hydrogens is 150 g/mol. The van der Waals surface area contributed by atoms with Gasteiger partial charge in [-0.2, -0.15) is 5.10 Å². The molecule has 0 aromatic carbocycles. The van der Waals surface area contributed by atoms with Crippen LogP contribution < -0.4 is 0 Å². The molecule has 3 heteroatoms. The van der Waals surface area contributed by atoms with Crippen LogP contribution in [0.1, 0.15) is 0 Å². The lowest BCUT2D eigenvalue weighted by atomic mass is 10.1. The van der Waals surface area contributed by atoms with Crippen molar-refractivity contribution in [3.05, 3.63) is 36.7 Å². The fraction of sp³-hybridized carbons (Fsp3) is 0. The zero-order chi connectivity index (χ0) is 7.97. The van der Waals surface area contributed by atoms with E-state index in [-0.39, 0.29) is 0 Å². The number of pyridine rings is 1. The van der Waals surface area contributed by atoms with E-state index in [9.17, 15) is 0 Å². The van der Waals surface area contributed by atoms with Crippen molar-refractivity contribution in [2.75, 3.05) is 0 Å². The zero-order valence-corrected chi connectivity index (χ0v) is 6.36. The van der Waals surface area contributed by atoms with E-state index in [0.29, 0.717) is 0 Å². The maximum Gasteiger partial charge on any atom is 0.0918 e. The molecule has 1 aromatic heterocycles. The smallest absolute Gasteiger partial charge is 0.0918 e. The van der Waals surface area contributed by atoms with Gasteiger partial charge >= 0.3 is 0 Å². The van der Waals surface area contributed by atoms with Gasteiger partial charge in [-0.25, -0.2) is 9.73 Å². The van der Waals surface area contributed by atoms with Crippen molar-refractivity contribution in [1.29, 1.82) is 0 Å². The molecule has 1 N–H and O–H groups in total. The lowest BCUT2D eigenvalue weighted by molar-refractivity contribution is 0.856. The molecule has 58 valence electrons. The van der Waals surface area contributed by atoms with Crippen LogP contribution in [-0.2, 0) is 0 Å². The van der Waals surface area contributed by atoms with E-state index in [1.807, 2.05) is 16.9 Å². The summed E-state index contributed by atoms with van der Waals surface area (Å²) in [7, 11) is 0. The van der Waals surface area contributed by atoms with Crippen LogP contribution in [0.3, 0.4) is 0 Å². The first-order valence-electron chi connectivity index (χ1n) is 3.84. The number of hydrogen-bond donors (Lipinski definition) is 1. The molecule has 12 heavy (non-hydrogen) atoms. The van der Waals surface area contributed by atoms with Crippen molar-refractivity contribution in [2.45, 2.75) is 0 Å². The number of aromatic amines is 1. The molecule has 2 heterocycles. The minimum Gasteiger partial charge on any atom is -0.245 e. The van der Waals surface area contributed by atoms with Crippen LogP contribution in [0.2, 0.25) is 0 Å². The molecule has 2 aliphatic rings. The summed E-state index contributed by atoms with van der Waals surface area (Å²) in [5.41, 5.74) is 3.63. The largest absolute Gasteiger partial charge is 0.245 e. The predicted molar refractivity (Wildman–Crippen MR) is 46.2 cm³/mol. The first-order valence-corrected chi connectivity index (χ1v) is 3.84. The summed E-state index contributed by atoms with van der Waals surface area (Å²) in [6.45, 7) is 0. The van der Waals surface area contributed by atoms with E-state index in [1.54, 1.807) is 0 Å². The SMILES string of the molecule is c1cc2ccn3[nH]ncc3c-2c1. The lowest BCUT2D eigenvalue weighted by Crippen LogP contribution is -1.87. The minimum absolute atomic E-state index is 1.12. The summed E-state index contributed by atoms with van der Waals surface area (Å²) in [4.78, 5) is 0. The molecule has 1 aliphatic carbocycles. The Morgan fingerprint density at radius 2 is 2.25 bits per heavy atom. The van der Waals surface area contributed by atoms with E-state index in [1.165, 1.54) is 11.1 Å². The quantitative estimate of drug-likeness (QED) is 0.530. The molecule has 0 saturated carbocycles. The topological polar surface area (TPSA) is 33.1 Å². The Bertz CT molecular complexity index is 491. The molecule has 1 aromatic rings. The van der Waals surface area contributed by atoms with Gasteiger partial charge in [0, 0.05) is 11.8 Å². The number of nitrogens with zero attached hydrogens (tertiary/aromatic N) is 2. The van der Waals surface area contributed by atoms with Crippen molar-refractivity contribution in [2.24, 2.45) is 0 Å². The summed E-state index contributed by atoms with van der Waals surface area (Å²) in [6, 6.07) is 8.32. The van der Waals surface area contributed by atoms with Gasteiger partial charge in [0.2, 0.25) is 0 Å².